The number of halogens is 4. The minimum atomic E-state index is -4.45. The van der Waals surface area contributed by atoms with Crippen LogP contribution in [0.5, 0.6) is 0 Å². The van der Waals surface area contributed by atoms with Gasteiger partial charge in [-0.15, -0.1) is 11.3 Å². The molecule has 2 nitrogen and oxygen atoms in total. The lowest BCUT2D eigenvalue weighted by atomic mass is 10.1. The smallest absolute Gasteiger partial charge is 0.416 e. The molecule has 17 heavy (non-hydrogen) atoms. The Balaban J connectivity index is 2.68. The zero-order valence-electron chi connectivity index (χ0n) is 8.01. The molecule has 0 fully saturated rings. The van der Waals surface area contributed by atoms with E-state index in [1.54, 1.807) is 0 Å². The predicted octanol–water partition coefficient (Wildman–Crippen LogP) is 4.27. The third kappa shape index (κ3) is 2.10. The molecule has 1 N–H and O–H groups in total. The molecule has 0 aliphatic heterocycles. The second-order valence-corrected chi connectivity index (χ2v) is 4.69. The molecule has 0 amide bonds. The summed E-state index contributed by atoms with van der Waals surface area (Å²) in [5.74, 6) is -1.25. The molecule has 7 heteroatoms. The van der Waals surface area contributed by atoms with Gasteiger partial charge in [0.1, 0.15) is 4.88 Å². The number of thiophene rings is 1. The van der Waals surface area contributed by atoms with E-state index in [1.807, 2.05) is 0 Å². The molecule has 0 bridgehead atoms. The first-order valence-electron chi connectivity index (χ1n) is 4.33. The first kappa shape index (κ1) is 12.2. The standard InChI is InChI=1S/C10H4ClF3O2S/c11-7-5-2-1-4(10(12,13)14)3-6(5)17-8(7)9(15)16/h1-3H,(H,15,16). The number of carbonyl (C=O) groups is 1. The van der Waals surface area contributed by atoms with E-state index in [-0.39, 0.29) is 14.6 Å². The number of rotatable bonds is 1. The highest BCUT2D eigenvalue weighted by atomic mass is 35.5. The monoisotopic (exact) mass is 280 g/mol. The van der Waals surface area contributed by atoms with Gasteiger partial charge in [-0.1, -0.05) is 17.7 Å². The van der Waals surface area contributed by atoms with Gasteiger partial charge in [-0.25, -0.2) is 4.79 Å². The molecule has 1 heterocycles. The van der Waals surface area contributed by atoms with Crippen LogP contribution in [0.2, 0.25) is 5.02 Å². The van der Waals surface area contributed by atoms with E-state index in [2.05, 4.69) is 0 Å². The van der Waals surface area contributed by atoms with E-state index < -0.39 is 17.7 Å². The van der Waals surface area contributed by atoms with Crippen LogP contribution in [0.4, 0.5) is 13.2 Å². The maximum absolute atomic E-state index is 12.4. The van der Waals surface area contributed by atoms with Crippen molar-refractivity contribution in [1.29, 1.82) is 0 Å². The molecule has 2 aromatic rings. The van der Waals surface area contributed by atoms with Gasteiger partial charge >= 0.3 is 12.1 Å². The first-order chi connectivity index (χ1) is 7.80. The van der Waals surface area contributed by atoms with Crippen LogP contribution in [-0.2, 0) is 6.18 Å². The van der Waals surface area contributed by atoms with Crippen molar-refractivity contribution in [2.45, 2.75) is 6.18 Å². The van der Waals surface area contributed by atoms with Crippen molar-refractivity contribution < 1.29 is 23.1 Å². The Morgan fingerprint density at radius 1 is 1.35 bits per heavy atom. The van der Waals surface area contributed by atoms with Crippen LogP contribution in [-0.4, -0.2) is 11.1 Å². The fourth-order valence-electron chi connectivity index (χ4n) is 1.38. The SMILES string of the molecule is O=C(O)c1sc2cc(C(F)(F)F)ccc2c1Cl. The number of alkyl halides is 3. The highest BCUT2D eigenvalue weighted by molar-refractivity contribution is 7.21. The van der Waals surface area contributed by atoms with Crippen LogP contribution in [0, 0.1) is 0 Å². The molecule has 0 aliphatic rings. The van der Waals surface area contributed by atoms with Crippen LogP contribution in [0.15, 0.2) is 18.2 Å². The molecule has 0 saturated carbocycles. The average Bonchev–Trinajstić information content (AvgIpc) is 2.54. The number of carboxylic acid groups (broad SMARTS) is 1. The lowest BCUT2D eigenvalue weighted by molar-refractivity contribution is -0.137. The largest absolute Gasteiger partial charge is 0.477 e. The van der Waals surface area contributed by atoms with Gasteiger partial charge in [-0.3, -0.25) is 0 Å². The third-order valence-electron chi connectivity index (χ3n) is 2.15. The normalized spacial score (nSPS) is 12.0. The van der Waals surface area contributed by atoms with Crippen molar-refractivity contribution in [1.82, 2.24) is 0 Å². The van der Waals surface area contributed by atoms with Gasteiger partial charge in [-0.2, -0.15) is 13.2 Å². The Labute approximate surface area is 102 Å². The maximum Gasteiger partial charge on any atom is 0.416 e. The van der Waals surface area contributed by atoms with Gasteiger partial charge in [-0.05, 0) is 12.1 Å². The maximum atomic E-state index is 12.4. The number of hydrogen-bond acceptors (Lipinski definition) is 2. The lowest BCUT2D eigenvalue weighted by Gasteiger charge is -2.05. The van der Waals surface area contributed by atoms with Gasteiger partial charge in [0.05, 0.1) is 10.6 Å². The van der Waals surface area contributed by atoms with E-state index in [0.29, 0.717) is 5.39 Å². The fraction of sp³-hybridized carbons (Fsp3) is 0.100. The summed E-state index contributed by atoms with van der Waals surface area (Å²) in [5, 5.41) is 9.10. The van der Waals surface area contributed by atoms with Gasteiger partial charge < -0.3 is 5.11 Å². The van der Waals surface area contributed by atoms with Crippen LogP contribution >= 0.6 is 22.9 Å². The zero-order chi connectivity index (χ0) is 12.8. The molecule has 90 valence electrons. The molecule has 0 aliphatic carbocycles. The summed E-state index contributed by atoms with van der Waals surface area (Å²) in [4.78, 5) is 10.6. The molecule has 0 saturated heterocycles. The quantitative estimate of drug-likeness (QED) is 0.847. The van der Waals surface area contributed by atoms with Crippen molar-refractivity contribution >= 4 is 39.0 Å². The Hall–Kier alpha value is -1.27. The minimum Gasteiger partial charge on any atom is -0.477 e. The molecule has 0 radical (unpaired) electrons. The van der Waals surface area contributed by atoms with Crippen molar-refractivity contribution in [2.24, 2.45) is 0 Å². The number of aromatic carboxylic acids is 1. The summed E-state index contributed by atoms with van der Waals surface area (Å²) >= 11 is 6.50. The highest BCUT2D eigenvalue weighted by Gasteiger charge is 2.31. The van der Waals surface area contributed by atoms with Gasteiger partial charge in [0.25, 0.3) is 0 Å². The second kappa shape index (κ2) is 3.89. The van der Waals surface area contributed by atoms with Crippen molar-refractivity contribution in [3.05, 3.63) is 33.7 Å². The van der Waals surface area contributed by atoms with Gasteiger partial charge in [0.2, 0.25) is 0 Å². The number of fused-ring (bicyclic) bond motifs is 1. The fourth-order valence-corrected chi connectivity index (χ4v) is 2.77. The Bertz CT molecular complexity index is 603. The molecule has 1 aromatic heterocycles. The molecule has 0 spiro atoms. The molecule has 0 atom stereocenters. The zero-order valence-corrected chi connectivity index (χ0v) is 9.58. The molecular weight excluding hydrogens is 277 g/mol. The number of benzene rings is 1. The summed E-state index contributed by atoms with van der Waals surface area (Å²) in [6.45, 7) is 0. The molecular formula is C10H4ClF3O2S. The summed E-state index contributed by atoms with van der Waals surface area (Å²) in [6, 6.07) is 2.97. The molecule has 1 aromatic carbocycles. The summed E-state index contributed by atoms with van der Waals surface area (Å²) < 4.78 is 37.5. The second-order valence-electron chi connectivity index (χ2n) is 3.26. The highest BCUT2D eigenvalue weighted by Crippen LogP contribution is 2.39. The van der Waals surface area contributed by atoms with Gasteiger partial charge in [0, 0.05) is 10.1 Å². The van der Waals surface area contributed by atoms with Crippen LogP contribution < -0.4 is 0 Å². The Kier molecular flexibility index (Phi) is 2.79. The predicted molar refractivity (Wildman–Crippen MR) is 58.8 cm³/mol. The average molecular weight is 281 g/mol. The summed E-state index contributed by atoms with van der Waals surface area (Å²) in [6.07, 6.45) is -4.45. The summed E-state index contributed by atoms with van der Waals surface area (Å²) in [5.41, 5.74) is -0.820. The number of carboxylic acids is 1. The van der Waals surface area contributed by atoms with E-state index >= 15 is 0 Å². The van der Waals surface area contributed by atoms with Crippen molar-refractivity contribution in [3.8, 4) is 0 Å². The van der Waals surface area contributed by atoms with E-state index in [4.69, 9.17) is 16.7 Å². The van der Waals surface area contributed by atoms with E-state index in [9.17, 15) is 18.0 Å². The van der Waals surface area contributed by atoms with Crippen LogP contribution in [0.25, 0.3) is 10.1 Å². The molecule has 0 unspecified atom stereocenters. The topological polar surface area (TPSA) is 37.3 Å². The van der Waals surface area contributed by atoms with E-state index in [1.165, 1.54) is 6.07 Å². The van der Waals surface area contributed by atoms with Crippen molar-refractivity contribution in [2.75, 3.05) is 0 Å². The third-order valence-corrected chi connectivity index (χ3v) is 3.80. The van der Waals surface area contributed by atoms with Gasteiger partial charge in [0.15, 0.2) is 0 Å². The van der Waals surface area contributed by atoms with Crippen LogP contribution in [0.3, 0.4) is 0 Å². The van der Waals surface area contributed by atoms with Crippen LogP contribution in [0.1, 0.15) is 15.2 Å². The van der Waals surface area contributed by atoms with E-state index in [0.717, 1.165) is 23.5 Å². The summed E-state index contributed by atoms with van der Waals surface area (Å²) in [7, 11) is 0. The minimum absolute atomic E-state index is 0.0220. The molecule has 2 rings (SSSR count). The van der Waals surface area contributed by atoms with Crippen molar-refractivity contribution in [3.63, 3.8) is 0 Å². The lowest BCUT2D eigenvalue weighted by Crippen LogP contribution is -2.03. The first-order valence-corrected chi connectivity index (χ1v) is 5.52. The Morgan fingerprint density at radius 2 is 2.00 bits per heavy atom. The Morgan fingerprint density at radius 3 is 2.53 bits per heavy atom. The number of hydrogen-bond donors (Lipinski definition) is 1.